The van der Waals surface area contributed by atoms with Gasteiger partial charge in [-0.1, -0.05) is 20.8 Å². The van der Waals surface area contributed by atoms with Crippen molar-refractivity contribution in [3.8, 4) is 0 Å². The van der Waals surface area contributed by atoms with E-state index in [0.717, 1.165) is 6.61 Å². The van der Waals surface area contributed by atoms with Gasteiger partial charge >= 0.3 is 0 Å². The lowest BCUT2D eigenvalue weighted by Gasteiger charge is -2.24. The molecule has 0 N–H and O–H groups in total. The van der Waals surface area contributed by atoms with Crippen LogP contribution in [0.4, 0.5) is 0 Å². The van der Waals surface area contributed by atoms with E-state index in [1.165, 1.54) is 0 Å². The monoisotopic (exact) mass is 144 g/mol. The van der Waals surface area contributed by atoms with Crippen molar-refractivity contribution in [1.29, 1.82) is 0 Å². The third-order valence-electron chi connectivity index (χ3n) is 1.55. The van der Waals surface area contributed by atoms with Crippen molar-refractivity contribution in [2.45, 2.75) is 40.1 Å². The second kappa shape index (κ2) is 2.51. The topological polar surface area (TPSA) is 18.5 Å². The van der Waals surface area contributed by atoms with E-state index >= 15 is 0 Å². The summed E-state index contributed by atoms with van der Waals surface area (Å²) in [6.07, 6.45) is 0.256. The van der Waals surface area contributed by atoms with E-state index in [9.17, 15) is 0 Å². The normalized spacial score (nSPS) is 34.8. The molecule has 0 amide bonds. The molecule has 0 unspecified atom stereocenters. The Balaban J connectivity index is 2.45. The van der Waals surface area contributed by atoms with Crippen LogP contribution < -0.4 is 0 Å². The van der Waals surface area contributed by atoms with Crippen LogP contribution in [0.15, 0.2) is 0 Å². The van der Waals surface area contributed by atoms with Gasteiger partial charge in [-0.15, -0.1) is 0 Å². The highest BCUT2D eigenvalue weighted by Gasteiger charge is 2.32. The van der Waals surface area contributed by atoms with Gasteiger partial charge in [0.1, 0.15) is 0 Å². The molecule has 0 spiro atoms. The minimum Gasteiger partial charge on any atom is -0.349 e. The number of ether oxygens (including phenoxy) is 2. The summed E-state index contributed by atoms with van der Waals surface area (Å²) in [6, 6.07) is 0. The molecule has 1 saturated heterocycles. The first-order valence-corrected chi connectivity index (χ1v) is 3.77. The maximum Gasteiger partial charge on any atom is 0.162 e. The fraction of sp³-hybridized carbons (Fsp3) is 1.00. The van der Waals surface area contributed by atoms with Crippen molar-refractivity contribution in [3.05, 3.63) is 0 Å². The first-order chi connectivity index (χ1) is 4.50. The minimum atomic E-state index is -0.0116. The number of hydrogen-bond acceptors (Lipinski definition) is 2. The molecule has 2 atom stereocenters. The van der Waals surface area contributed by atoms with E-state index in [1.54, 1.807) is 0 Å². The zero-order valence-electron chi connectivity index (χ0n) is 7.18. The van der Waals surface area contributed by atoms with Crippen molar-refractivity contribution >= 4 is 0 Å². The van der Waals surface area contributed by atoms with Crippen LogP contribution >= 0.6 is 0 Å². The Morgan fingerprint density at radius 3 is 2.10 bits per heavy atom. The van der Waals surface area contributed by atoms with Gasteiger partial charge in [0.15, 0.2) is 6.29 Å². The maximum atomic E-state index is 5.50. The molecule has 2 nitrogen and oxygen atoms in total. The summed E-state index contributed by atoms with van der Waals surface area (Å²) in [4.78, 5) is 0. The highest BCUT2D eigenvalue weighted by atomic mass is 16.7. The Kier molecular flexibility index (Phi) is 2.02. The summed E-state index contributed by atoms with van der Waals surface area (Å²) in [7, 11) is 0. The van der Waals surface area contributed by atoms with Gasteiger partial charge in [0.25, 0.3) is 0 Å². The number of hydrogen-bond donors (Lipinski definition) is 0. The van der Waals surface area contributed by atoms with Gasteiger partial charge in [-0.05, 0) is 6.92 Å². The van der Waals surface area contributed by atoms with Crippen molar-refractivity contribution in [2.24, 2.45) is 5.41 Å². The summed E-state index contributed by atoms with van der Waals surface area (Å²) in [6.45, 7) is 9.13. The molecule has 0 bridgehead atoms. The lowest BCUT2D eigenvalue weighted by atomic mass is 9.96. The molecule has 60 valence electrons. The molecule has 1 aliphatic heterocycles. The van der Waals surface area contributed by atoms with Crippen molar-refractivity contribution in [3.63, 3.8) is 0 Å². The summed E-state index contributed by atoms with van der Waals surface area (Å²) in [5, 5.41) is 0. The zero-order chi connectivity index (χ0) is 7.78. The van der Waals surface area contributed by atoms with E-state index in [4.69, 9.17) is 9.47 Å². The summed E-state index contributed by atoms with van der Waals surface area (Å²) >= 11 is 0. The van der Waals surface area contributed by atoms with E-state index in [1.807, 2.05) is 6.92 Å². The highest BCUT2D eigenvalue weighted by Crippen LogP contribution is 2.28. The third kappa shape index (κ3) is 1.70. The molecule has 0 aromatic rings. The lowest BCUT2D eigenvalue weighted by molar-refractivity contribution is -0.122. The molecule has 2 heteroatoms. The van der Waals surface area contributed by atoms with Gasteiger partial charge in [-0.3, -0.25) is 0 Å². The highest BCUT2D eigenvalue weighted by molar-refractivity contribution is 4.72. The van der Waals surface area contributed by atoms with Crippen LogP contribution in [0.25, 0.3) is 0 Å². The summed E-state index contributed by atoms with van der Waals surface area (Å²) < 4.78 is 10.9. The Labute approximate surface area is 62.5 Å². The predicted molar refractivity (Wildman–Crippen MR) is 39.7 cm³/mol. The fourth-order valence-electron chi connectivity index (χ4n) is 0.967. The van der Waals surface area contributed by atoms with E-state index in [-0.39, 0.29) is 17.8 Å². The Morgan fingerprint density at radius 1 is 1.30 bits per heavy atom. The second-order valence-electron chi connectivity index (χ2n) is 3.98. The molecule has 1 rings (SSSR count). The molecule has 0 saturated carbocycles. The molecule has 1 aliphatic rings. The fourth-order valence-corrected chi connectivity index (χ4v) is 0.967. The van der Waals surface area contributed by atoms with Crippen LogP contribution in [0, 0.1) is 5.41 Å². The first-order valence-electron chi connectivity index (χ1n) is 3.77. The quantitative estimate of drug-likeness (QED) is 0.516. The molecule has 1 heterocycles. The molecular weight excluding hydrogens is 128 g/mol. The Morgan fingerprint density at radius 2 is 1.90 bits per heavy atom. The zero-order valence-corrected chi connectivity index (χ0v) is 7.18. The third-order valence-corrected chi connectivity index (χ3v) is 1.55. The summed E-state index contributed by atoms with van der Waals surface area (Å²) in [5.41, 5.74) is 0.116. The standard InChI is InChI=1S/C8H16O2/c1-6-5-9-7(10-6)8(2,3)4/h6-7H,5H2,1-4H3/t6-,7-/m1/s1. The van der Waals surface area contributed by atoms with E-state index < -0.39 is 0 Å². The predicted octanol–water partition coefficient (Wildman–Crippen LogP) is 1.79. The maximum absolute atomic E-state index is 5.50. The lowest BCUT2D eigenvalue weighted by Crippen LogP contribution is -2.27. The smallest absolute Gasteiger partial charge is 0.162 e. The van der Waals surface area contributed by atoms with Gasteiger partial charge in [-0.25, -0.2) is 0 Å². The minimum absolute atomic E-state index is 0.0116. The van der Waals surface area contributed by atoms with Crippen LogP contribution in [0.2, 0.25) is 0 Å². The Bertz CT molecular complexity index is 115. The van der Waals surface area contributed by atoms with Crippen LogP contribution in [0.3, 0.4) is 0 Å². The summed E-state index contributed by atoms with van der Waals surface area (Å²) in [5.74, 6) is 0. The molecular formula is C8H16O2. The van der Waals surface area contributed by atoms with Crippen LogP contribution in [0.1, 0.15) is 27.7 Å². The SMILES string of the molecule is C[C@@H]1CO[C@@H](C(C)(C)C)O1. The molecule has 1 fully saturated rings. The van der Waals surface area contributed by atoms with Gasteiger partial charge in [0, 0.05) is 5.41 Å². The van der Waals surface area contributed by atoms with Gasteiger partial charge in [0.05, 0.1) is 12.7 Å². The number of rotatable bonds is 0. The van der Waals surface area contributed by atoms with Crippen LogP contribution in [-0.2, 0) is 9.47 Å². The second-order valence-corrected chi connectivity index (χ2v) is 3.98. The van der Waals surface area contributed by atoms with Crippen molar-refractivity contribution in [1.82, 2.24) is 0 Å². The average molecular weight is 144 g/mol. The van der Waals surface area contributed by atoms with E-state index in [2.05, 4.69) is 20.8 Å². The molecule has 0 aromatic heterocycles. The molecule has 0 radical (unpaired) electrons. The van der Waals surface area contributed by atoms with Gasteiger partial charge in [-0.2, -0.15) is 0 Å². The largest absolute Gasteiger partial charge is 0.349 e. The average Bonchev–Trinajstić information content (AvgIpc) is 2.11. The van der Waals surface area contributed by atoms with Crippen LogP contribution in [-0.4, -0.2) is 19.0 Å². The van der Waals surface area contributed by atoms with Crippen LogP contribution in [0.5, 0.6) is 0 Å². The Hall–Kier alpha value is -0.0800. The molecule has 10 heavy (non-hydrogen) atoms. The van der Waals surface area contributed by atoms with Gasteiger partial charge in [0.2, 0.25) is 0 Å². The molecule has 0 aromatic carbocycles. The van der Waals surface area contributed by atoms with E-state index in [0.29, 0.717) is 0 Å². The van der Waals surface area contributed by atoms with Crippen molar-refractivity contribution in [2.75, 3.05) is 6.61 Å². The first kappa shape index (κ1) is 8.02. The van der Waals surface area contributed by atoms with Crippen molar-refractivity contribution < 1.29 is 9.47 Å². The van der Waals surface area contributed by atoms with Gasteiger partial charge < -0.3 is 9.47 Å². The molecule has 0 aliphatic carbocycles.